The molecule has 1 N–H and O–H groups in total. The van der Waals surface area contributed by atoms with Gasteiger partial charge in [0.1, 0.15) is 17.6 Å². The SMILES string of the molecule is CCCCOc1ccc(CC2CNc3ccc(C)cc3O2)cc1. The molecule has 0 fully saturated rings. The van der Waals surface area contributed by atoms with Crippen molar-refractivity contribution in [3.05, 3.63) is 53.6 Å². The first-order valence-corrected chi connectivity index (χ1v) is 8.47. The van der Waals surface area contributed by atoms with Gasteiger partial charge in [-0.3, -0.25) is 0 Å². The first-order valence-electron chi connectivity index (χ1n) is 8.47. The van der Waals surface area contributed by atoms with Crippen molar-refractivity contribution in [1.82, 2.24) is 0 Å². The third-order valence-corrected chi connectivity index (χ3v) is 4.10. The molecule has 3 heteroatoms. The largest absolute Gasteiger partial charge is 0.494 e. The normalized spacial score (nSPS) is 16.2. The van der Waals surface area contributed by atoms with Crippen molar-refractivity contribution in [3.8, 4) is 11.5 Å². The van der Waals surface area contributed by atoms with E-state index in [-0.39, 0.29) is 6.10 Å². The van der Waals surface area contributed by atoms with Crippen LogP contribution in [0.5, 0.6) is 11.5 Å². The Morgan fingerprint density at radius 1 is 1.17 bits per heavy atom. The molecule has 3 rings (SSSR count). The molecule has 0 spiro atoms. The van der Waals surface area contributed by atoms with Crippen LogP contribution in [0, 0.1) is 6.92 Å². The third kappa shape index (κ3) is 4.19. The molecule has 3 nitrogen and oxygen atoms in total. The van der Waals surface area contributed by atoms with Crippen molar-refractivity contribution in [2.75, 3.05) is 18.5 Å². The molecule has 1 unspecified atom stereocenters. The Labute approximate surface area is 138 Å². The van der Waals surface area contributed by atoms with E-state index in [4.69, 9.17) is 9.47 Å². The second-order valence-corrected chi connectivity index (χ2v) is 6.17. The van der Waals surface area contributed by atoms with Crippen LogP contribution in [0.15, 0.2) is 42.5 Å². The standard InChI is InChI=1S/C20H25NO2/c1-3-4-11-22-17-8-6-16(7-9-17)13-18-14-21-19-10-5-15(2)12-20(19)23-18/h5-10,12,18,21H,3-4,11,13-14H2,1-2H3. The minimum Gasteiger partial charge on any atom is -0.494 e. The fourth-order valence-electron chi connectivity index (χ4n) is 2.75. The fraction of sp³-hybridized carbons (Fsp3) is 0.400. The summed E-state index contributed by atoms with van der Waals surface area (Å²) in [6.45, 7) is 5.89. The predicted octanol–water partition coefficient (Wildman–Crippen LogP) is 4.59. The minimum absolute atomic E-state index is 0.163. The summed E-state index contributed by atoms with van der Waals surface area (Å²) in [6, 6.07) is 14.7. The number of benzene rings is 2. The highest BCUT2D eigenvalue weighted by Crippen LogP contribution is 2.30. The maximum absolute atomic E-state index is 6.13. The quantitative estimate of drug-likeness (QED) is 0.792. The van der Waals surface area contributed by atoms with Crippen LogP contribution in [0.25, 0.3) is 0 Å². The van der Waals surface area contributed by atoms with E-state index in [9.17, 15) is 0 Å². The van der Waals surface area contributed by atoms with E-state index in [1.807, 2.05) is 0 Å². The van der Waals surface area contributed by atoms with E-state index < -0.39 is 0 Å². The van der Waals surface area contributed by atoms with Gasteiger partial charge in [-0.25, -0.2) is 0 Å². The zero-order valence-electron chi connectivity index (χ0n) is 14.0. The summed E-state index contributed by atoms with van der Waals surface area (Å²) in [7, 11) is 0. The fourth-order valence-corrected chi connectivity index (χ4v) is 2.75. The Morgan fingerprint density at radius 2 is 2.00 bits per heavy atom. The molecule has 23 heavy (non-hydrogen) atoms. The summed E-state index contributed by atoms with van der Waals surface area (Å²) in [4.78, 5) is 0. The van der Waals surface area contributed by atoms with Gasteiger partial charge >= 0.3 is 0 Å². The Kier molecular flexibility index (Phi) is 5.06. The molecule has 122 valence electrons. The van der Waals surface area contributed by atoms with Gasteiger partial charge in [-0.15, -0.1) is 0 Å². The van der Waals surface area contributed by atoms with E-state index >= 15 is 0 Å². The Balaban J connectivity index is 1.57. The molecular formula is C20H25NO2. The molecule has 2 aromatic carbocycles. The van der Waals surface area contributed by atoms with Crippen LogP contribution >= 0.6 is 0 Å². The number of anilines is 1. The number of hydrogen-bond donors (Lipinski definition) is 1. The Bertz CT molecular complexity index is 637. The Hall–Kier alpha value is -2.16. The maximum Gasteiger partial charge on any atom is 0.143 e. The number of unbranched alkanes of at least 4 members (excludes halogenated alkanes) is 1. The second kappa shape index (κ2) is 7.40. The van der Waals surface area contributed by atoms with Crippen molar-refractivity contribution in [2.45, 2.75) is 39.2 Å². The molecule has 1 atom stereocenters. The average molecular weight is 311 g/mol. The molecule has 0 radical (unpaired) electrons. The molecule has 0 aliphatic carbocycles. The van der Waals surface area contributed by atoms with Crippen molar-refractivity contribution in [3.63, 3.8) is 0 Å². The lowest BCUT2D eigenvalue weighted by molar-refractivity contribution is 0.206. The van der Waals surface area contributed by atoms with Crippen LogP contribution in [0.4, 0.5) is 5.69 Å². The van der Waals surface area contributed by atoms with E-state index in [2.05, 4.69) is 61.6 Å². The van der Waals surface area contributed by atoms with Gasteiger partial charge < -0.3 is 14.8 Å². The van der Waals surface area contributed by atoms with Crippen molar-refractivity contribution in [1.29, 1.82) is 0 Å². The topological polar surface area (TPSA) is 30.5 Å². The van der Waals surface area contributed by atoms with Crippen LogP contribution in [0.2, 0.25) is 0 Å². The van der Waals surface area contributed by atoms with Crippen LogP contribution in [-0.2, 0) is 6.42 Å². The summed E-state index contributed by atoms with van der Waals surface area (Å²) in [5, 5.41) is 3.46. The highest BCUT2D eigenvalue weighted by atomic mass is 16.5. The van der Waals surface area contributed by atoms with Crippen LogP contribution in [0.3, 0.4) is 0 Å². The van der Waals surface area contributed by atoms with Gasteiger partial charge in [-0.1, -0.05) is 31.5 Å². The van der Waals surface area contributed by atoms with E-state index in [1.54, 1.807) is 0 Å². The number of hydrogen-bond acceptors (Lipinski definition) is 3. The van der Waals surface area contributed by atoms with Crippen LogP contribution in [0.1, 0.15) is 30.9 Å². The molecule has 0 amide bonds. The van der Waals surface area contributed by atoms with Crippen LogP contribution in [-0.4, -0.2) is 19.3 Å². The van der Waals surface area contributed by atoms with Gasteiger partial charge in [0.2, 0.25) is 0 Å². The molecule has 0 aromatic heterocycles. The summed E-state index contributed by atoms with van der Waals surface area (Å²) in [5.74, 6) is 1.91. The van der Waals surface area contributed by atoms with E-state index in [0.717, 1.165) is 49.6 Å². The smallest absolute Gasteiger partial charge is 0.143 e. The average Bonchev–Trinajstić information content (AvgIpc) is 2.56. The Morgan fingerprint density at radius 3 is 2.78 bits per heavy atom. The lowest BCUT2D eigenvalue weighted by atomic mass is 10.1. The van der Waals surface area contributed by atoms with Gasteiger partial charge in [0.25, 0.3) is 0 Å². The lowest BCUT2D eigenvalue weighted by Crippen LogP contribution is -2.32. The number of ether oxygens (including phenoxy) is 2. The summed E-state index contributed by atoms with van der Waals surface area (Å²) in [6.07, 6.45) is 3.32. The van der Waals surface area contributed by atoms with Crippen molar-refractivity contribution >= 4 is 5.69 Å². The molecule has 2 aromatic rings. The highest BCUT2D eigenvalue weighted by Gasteiger charge is 2.19. The predicted molar refractivity (Wildman–Crippen MR) is 94.6 cm³/mol. The van der Waals surface area contributed by atoms with Gasteiger partial charge in [0, 0.05) is 6.42 Å². The lowest BCUT2D eigenvalue weighted by Gasteiger charge is -2.27. The van der Waals surface area contributed by atoms with E-state index in [0.29, 0.717) is 0 Å². The number of fused-ring (bicyclic) bond motifs is 1. The minimum atomic E-state index is 0.163. The van der Waals surface area contributed by atoms with Crippen molar-refractivity contribution in [2.24, 2.45) is 0 Å². The molecule has 0 saturated carbocycles. The molecule has 0 saturated heterocycles. The first-order chi connectivity index (χ1) is 11.2. The second-order valence-electron chi connectivity index (χ2n) is 6.17. The summed E-state index contributed by atoms with van der Waals surface area (Å²) >= 11 is 0. The van der Waals surface area contributed by atoms with Crippen LogP contribution < -0.4 is 14.8 Å². The monoisotopic (exact) mass is 311 g/mol. The number of nitrogens with one attached hydrogen (secondary N) is 1. The van der Waals surface area contributed by atoms with Crippen molar-refractivity contribution < 1.29 is 9.47 Å². The molecule has 1 aliphatic rings. The number of aryl methyl sites for hydroxylation is 1. The summed E-state index contributed by atoms with van der Waals surface area (Å²) in [5.41, 5.74) is 3.59. The zero-order chi connectivity index (χ0) is 16.1. The summed E-state index contributed by atoms with van der Waals surface area (Å²) < 4.78 is 11.8. The first kappa shape index (κ1) is 15.7. The maximum atomic E-state index is 6.13. The van der Waals surface area contributed by atoms with Gasteiger partial charge in [0.15, 0.2) is 0 Å². The molecular weight excluding hydrogens is 286 g/mol. The molecule has 1 heterocycles. The molecule has 1 aliphatic heterocycles. The van der Waals surface area contributed by atoms with Gasteiger partial charge in [0.05, 0.1) is 18.8 Å². The third-order valence-electron chi connectivity index (χ3n) is 4.10. The zero-order valence-corrected chi connectivity index (χ0v) is 14.0. The highest BCUT2D eigenvalue weighted by molar-refractivity contribution is 5.59. The number of rotatable bonds is 6. The van der Waals surface area contributed by atoms with Gasteiger partial charge in [-0.2, -0.15) is 0 Å². The molecule has 0 bridgehead atoms. The van der Waals surface area contributed by atoms with E-state index in [1.165, 1.54) is 11.1 Å². The van der Waals surface area contributed by atoms with Gasteiger partial charge in [-0.05, 0) is 48.7 Å².